The van der Waals surface area contributed by atoms with Crippen molar-refractivity contribution in [2.75, 3.05) is 17.8 Å². The van der Waals surface area contributed by atoms with Gasteiger partial charge in [-0.2, -0.15) is 0 Å². The van der Waals surface area contributed by atoms with Gasteiger partial charge in [-0.3, -0.25) is 0 Å². The van der Waals surface area contributed by atoms with Gasteiger partial charge < -0.3 is 14.6 Å². The lowest BCUT2D eigenvalue weighted by atomic mass is 9.94. The van der Waals surface area contributed by atoms with E-state index in [1.807, 2.05) is 31.2 Å². The van der Waals surface area contributed by atoms with Crippen LogP contribution >= 0.6 is 45.2 Å². The number of halogens is 2. The highest BCUT2D eigenvalue weighted by Crippen LogP contribution is 2.33. The van der Waals surface area contributed by atoms with Crippen LogP contribution in [0, 0.1) is 0 Å². The first-order valence-electron chi connectivity index (χ1n) is 8.93. The van der Waals surface area contributed by atoms with Gasteiger partial charge in [0.25, 0.3) is 0 Å². The third kappa shape index (κ3) is 7.23. The van der Waals surface area contributed by atoms with E-state index >= 15 is 0 Å². The molecule has 0 heterocycles. The van der Waals surface area contributed by atoms with Crippen molar-refractivity contribution < 1.29 is 14.6 Å². The van der Waals surface area contributed by atoms with E-state index in [2.05, 4.69) is 57.3 Å². The Labute approximate surface area is 183 Å². The van der Waals surface area contributed by atoms with Crippen molar-refractivity contribution in [2.24, 2.45) is 0 Å². The highest BCUT2D eigenvalue weighted by Gasteiger charge is 2.13. The number of hydrogen-bond acceptors (Lipinski definition) is 3. The fourth-order valence-corrected chi connectivity index (χ4v) is 4.56. The second-order valence-electron chi connectivity index (χ2n) is 6.17. The minimum Gasteiger partial charge on any atom is -0.508 e. The maximum Gasteiger partial charge on any atom is 0.189 e. The Morgan fingerprint density at radius 3 is 2.23 bits per heavy atom. The molecule has 0 saturated heterocycles. The van der Waals surface area contributed by atoms with Crippen LogP contribution in [0.2, 0.25) is 0 Å². The SMILES string of the molecule is CCOCOc1ccc(C(I)CCCC(CI)c2ccc(O)cc2)cc1. The lowest BCUT2D eigenvalue weighted by Gasteiger charge is -2.16. The molecule has 26 heavy (non-hydrogen) atoms. The highest BCUT2D eigenvalue weighted by atomic mass is 127. The largest absolute Gasteiger partial charge is 0.508 e. The second-order valence-corrected chi connectivity index (χ2v) is 8.55. The molecule has 0 saturated carbocycles. The first-order chi connectivity index (χ1) is 12.6. The van der Waals surface area contributed by atoms with Crippen molar-refractivity contribution in [3.63, 3.8) is 0 Å². The summed E-state index contributed by atoms with van der Waals surface area (Å²) in [5.74, 6) is 1.74. The van der Waals surface area contributed by atoms with E-state index in [0.717, 1.165) is 16.6 Å². The number of aromatic hydroxyl groups is 1. The van der Waals surface area contributed by atoms with E-state index in [-0.39, 0.29) is 0 Å². The van der Waals surface area contributed by atoms with Crippen molar-refractivity contribution >= 4 is 45.2 Å². The molecule has 0 aliphatic carbocycles. The lowest BCUT2D eigenvalue weighted by molar-refractivity contribution is 0.0224. The Bertz CT molecular complexity index is 629. The smallest absolute Gasteiger partial charge is 0.189 e. The fourth-order valence-electron chi connectivity index (χ4n) is 2.76. The summed E-state index contributed by atoms with van der Waals surface area (Å²) in [6.45, 7) is 2.92. The molecule has 0 aromatic heterocycles. The zero-order valence-electron chi connectivity index (χ0n) is 15.0. The Morgan fingerprint density at radius 2 is 1.62 bits per heavy atom. The van der Waals surface area contributed by atoms with Gasteiger partial charge in [-0.1, -0.05) is 75.9 Å². The van der Waals surface area contributed by atoms with E-state index in [1.165, 1.54) is 24.0 Å². The van der Waals surface area contributed by atoms with Crippen LogP contribution in [0.5, 0.6) is 11.5 Å². The molecule has 0 bridgehead atoms. The summed E-state index contributed by atoms with van der Waals surface area (Å²) in [5, 5.41) is 9.45. The van der Waals surface area contributed by atoms with Gasteiger partial charge in [-0.15, -0.1) is 0 Å². The van der Waals surface area contributed by atoms with E-state index in [4.69, 9.17) is 9.47 Å². The molecule has 142 valence electrons. The van der Waals surface area contributed by atoms with E-state index in [9.17, 15) is 5.11 Å². The van der Waals surface area contributed by atoms with Crippen molar-refractivity contribution in [3.8, 4) is 11.5 Å². The molecule has 2 aromatic carbocycles. The number of phenolic OH excluding ortho intramolecular Hbond substituents is 1. The predicted molar refractivity (Wildman–Crippen MR) is 124 cm³/mol. The zero-order chi connectivity index (χ0) is 18.8. The van der Waals surface area contributed by atoms with E-state index in [0.29, 0.717) is 29.0 Å². The van der Waals surface area contributed by atoms with Crippen LogP contribution < -0.4 is 4.74 Å². The topological polar surface area (TPSA) is 38.7 Å². The molecule has 0 aliphatic heterocycles. The normalized spacial score (nSPS) is 13.3. The lowest BCUT2D eigenvalue weighted by Crippen LogP contribution is -2.02. The fraction of sp³-hybridized carbons (Fsp3) is 0.429. The summed E-state index contributed by atoms with van der Waals surface area (Å²) in [7, 11) is 0. The van der Waals surface area contributed by atoms with Crippen LogP contribution in [0.3, 0.4) is 0 Å². The molecule has 3 nitrogen and oxygen atoms in total. The third-order valence-electron chi connectivity index (χ3n) is 4.32. The third-order valence-corrected chi connectivity index (χ3v) is 6.72. The standard InChI is InChI=1S/C21H26I2O3/c1-2-25-15-26-20-12-8-17(9-13-20)21(23)5-3-4-18(14-22)16-6-10-19(24)11-7-16/h6-13,18,21,24H,2-5,14-15H2,1H3. The summed E-state index contributed by atoms with van der Waals surface area (Å²) in [5.41, 5.74) is 2.66. The minimum atomic E-state index is 0.304. The van der Waals surface area contributed by atoms with Crippen LogP contribution in [0.15, 0.2) is 48.5 Å². The van der Waals surface area contributed by atoms with Crippen molar-refractivity contribution in [1.29, 1.82) is 0 Å². The summed E-state index contributed by atoms with van der Waals surface area (Å²) < 4.78 is 12.3. The van der Waals surface area contributed by atoms with Gasteiger partial charge in [-0.05, 0) is 61.1 Å². The van der Waals surface area contributed by atoms with Crippen LogP contribution in [-0.2, 0) is 4.74 Å². The molecular weight excluding hydrogens is 554 g/mol. The quantitative estimate of drug-likeness (QED) is 0.141. The molecule has 2 rings (SSSR count). The number of hydrogen-bond donors (Lipinski definition) is 1. The average Bonchev–Trinajstić information content (AvgIpc) is 2.67. The molecule has 0 radical (unpaired) electrons. The Kier molecular flexibility index (Phi) is 10.1. The van der Waals surface area contributed by atoms with Crippen molar-refractivity contribution in [3.05, 3.63) is 59.7 Å². The monoisotopic (exact) mass is 580 g/mol. The van der Waals surface area contributed by atoms with Crippen LogP contribution in [0.4, 0.5) is 0 Å². The summed E-state index contributed by atoms with van der Waals surface area (Å²) in [4.78, 5) is 0. The minimum absolute atomic E-state index is 0.304. The molecule has 2 atom stereocenters. The first-order valence-corrected chi connectivity index (χ1v) is 11.7. The number of phenols is 1. The van der Waals surface area contributed by atoms with E-state index in [1.54, 1.807) is 12.1 Å². The Hall–Kier alpha value is -0.540. The van der Waals surface area contributed by atoms with Gasteiger partial charge in [0.15, 0.2) is 6.79 Å². The molecule has 5 heteroatoms. The number of rotatable bonds is 11. The zero-order valence-corrected chi connectivity index (χ0v) is 19.4. The highest BCUT2D eigenvalue weighted by molar-refractivity contribution is 14.1. The maximum atomic E-state index is 9.45. The maximum absolute atomic E-state index is 9.45. The molecule has 0 aliphatic rings. The molecular formula is C21H26I2O3. The molecule has 2 unspecified atom stereocenters. The van der Waals surface area contributed by atoms with Gasteiger partial charge in [0, 0.05) is 15.0 Å². The number of alkyl halides is 2. The van der Waals surface area contributed by atoms with Crippen LogP contribution in [0.1, 0.15) is 47.2 Å². The predicted octanol–water partition coefficient (Wildman–Crippen LogP) is 6.63. The Balaban J connectivity index is 1.79. The van der Waals surface area contributed by atoms with Crippen LogP contribution in [0.25, 0.3) is 0 Å². The molecule has 1 N–H and O–H groups in total. The van der Waals surface area contributed by atoms with Gasteiger partial charge in [0.05, 0.1) is 0 Å². The van der Waals surface area contributed by atoms with Gasteiger partial charge in [0.1, 0.15) is 11.5 Å². The van der Waals surface area contributed by atoms with Crippen LogP contribution in [-0.4, -0.2) is 22.9 Å². The van der Waals surface area contributed by atoms with Gasteiger partial charge in [0.2, 0.25) is 0 Å². The molecule has 2 aromatic rings. The Morgan fingerprint density at radius 1 is 0.962 bits per heavy atom. The van der Waals surface area contributed by atoms with Crippen molar-refractivity contribution in [1.82, 2.24) is 0 Å². The van der Waals surface area contributed by atoms with E-state index < -0.39 is 0 Å². The molecule has 0 fully saturated rings. The number of ether oxygens (including phenoxy) is 2. The second kappa shape index (κ2) is 12.0. The first kappa shape index (κ1) is 21.8. The molecule has 0 amide bonds. The molecule has 0 spiro atoms. The summed E-state index contributed by atoms with van der Waals surface area (Å²) in [6.07, 6.45) is 3.51. The van der Waals surface area contributed by atoms with Gasteiger partial charge >= 0.3 is 0 Å². The average molecular weight is 580 g/mol. The summed E-state index contributed by atoms with van der Waals surface area (Å²) >= 11 is 4.99. The van der Waals surface area contributed by atoms with Gasteiger partial charge in [-0.25, -0.2) is 0 Å². The number of benzene rings is 2. The summed E-state index contributed by atoms with van der Waals surface area (Å²) in [6, 6.07) is 16.0. The van der Waals surface area contributed by atoms with Crippen molar-refractivity contribution in [2.45, 2.75) is 36.0 Å².